The summed E-state index contributed by atoms with van der Waals surface area (Å²) in [5.41, 5.74) is 4.48. The normalized spacial score (nSPS) is 9.21. The van der Waals surface area contributed by atoms with Crippen molar-refractivity contribution in [2.75, 3.05) is 0 Å². The molecule has 0 aliphatic rings. The molecule has 0 heterocycles. The molecule has 0 aliphatic carbocycles. The molecule has 0 saturated heterocycles. The summed E-state index contributed by atoms with van der Waals surface area (Å²) in [4.78, 5) is 0. The Balaban J connectivity index is 0. The summed E-state index contributed by atoms with van der Waals surface area (Å²) in [6.07, 6.45) is 5.55. The summed E-state index contributed by atoms with van der Waals surface area (Å²) in [6, 6.07) is 8.28. The zero-order chi connectivity index (χ0) is 15.3. The molecule has 0 heteroatoms. The van der Waals surface area contributed by atoms with Gasteiger partial charge in [0.05, 0.1) is 0 Å². The van der Waals surface area contributed by atoms with Crippen molar-refractivity contribution in [3.8, 4) is 0 Å². The van der Waals surface area contributed by atoms with Gasteiger partial charge in [0.25, 0.3) is 0 Å². The predicted molar refractivity (Wildman–Crippen MR) is 92.2 cm³/mol. The summed E-state index contributed by atoms with van der Waals surface area (Å²) in [6.45, 7) is 21.4. The molecule has 1 aromatic carbocycles. The van der Waals surface area contributed by atoms with Crippen LogP contribution in [0.4, 0.5) is 0 Å². The van der Waals surface area contributed by atoms with Gasteiger partial charge in [-0.1, -0.05) is 95.5 Å². The molecule has 0 spiro atoms. The molecule has 0 bridgehead atoms. The Morgan fingerprint density at radius 3 is 1.63 bits per heavy atom. The number of benzene rings is 1. The molecule has 0 amide bonds. The van der Waals surface area contributed by atoms with Gasteiger partial charge in [-0.3, -0.25) is 0 Å². The maximum absolute atomic E-state index is 3.91. The first-order valence-electron chi connectivity index (χ1n) is 6.90. The Morgan fingerprint density at radius 2 is 1.32 bits per heavy atom. The lowest BCUT2D eigenvalue weighted by Gasteiger charge is -2.04. The molecule has 1 aromatic rings. The van der Waals surface area contributed by atoms with Crippen LogP contribution in [0.1, 0.15) is 45.7 Å². The van der Waals surface area contributed by atoms with Gasteiger partial charge in [-0.25, -0.2) is 0 Å². The second kappa shape index (κ2) is 12.6. The van der Waals surface area contributed by atoms with E-state index >= 15 is 0 Å². The summed E-state index contributed by atoms with van der Waals surface area (Å²) in [5.74, 6) is 0. The number of hydrogen-bond donors (Lipinski definition) is 0. The second-order valence-electron chi connectivity index (χ2n) is 3.42. The minimum atomic E-state index is 1.08. The van der Waals surface area contributed by atoms with Crippen molar-refractivity contribution in [1.29, 1.82) is 0 Å². The first kappa shape index (κ1) is 19.5. The molecule has 0 aromatic heterocycles. The fourth-order valence-electron chi connectivity index (χ4n) is 1.36. The lowest BCUT2D eigenvalue weighted by molar-refractivity contribution is 1.50. The topological polar surface area (TPSA) is 0 Å². The molecule has 0 fully saturated rings. The second-order valence-corrected chi connectivity index (χ2v) is 3.42. The Hall–Kier alpha value is -1.82. The fourth-order valence-corrected chi connectivity index (χ4v) is 1.36. The molecule has 0 atom stereocenters. The van der Waals surface area contributed by atoms with E-state index in [4.69, 9.17) is 0 Å². The zero-order valence-electron chi connectivity index (χ0n) is 13.2. The molecule has 104 valence electrons. The third-order valence-electron chi connectivity index (χ3n) is 2.23. The van der Waals surface area contributed by atoms with Crippen molar-refractivity contribution in [2.24, 2.45) is 0 Å². The molecule has 1 rings (SSSR count). The van der Waals surface area contributed by atoms with Gasteiger partial charge in [-0.15, -0.1) is 0 Å². The lowest BCUT2D eigenvalue weighted by Crippen LogP contribution is -1.82. The minimum Gasteiger partial charge on any atom is -0.0990 e. The van der Waals surface area contributed by atoms with Crippen LogP contribution in [0.5, 0.6) is 0 Å². The number of allylic oxidation sites excluding steroid dienone is 5. The van der Waals surface area contributed by atoms with Gasteiger partial charge >= 0.3 is 0 Å². The molecule has 0 unspecified atom stereocenters. The first-order chi connectivity index (χ1) is 9.19. The van der Waals surface area contributed by atoms with Crippen LogP contribution in [-0.4, -0.2) is 0 Å². The van der Waals surface area contributed by atoms with Crippen LogP contribution >= 0.6 is 0 Å². The average molecular weight is 256 g/mol. The van der Waals surface area contributed by atoms with Gasteiger partial charge in [0.2, 0.25) is 0 Å². The van der Waals surface area contributed by atoms with E-state index in [-0.39, 0.29) is 0 Å². The predicted octanol–water partition coefficient (Wildman–Crippen LogP) is 6.53. The van der Waals surface area contributed by atoms with Gasteiger partial charge < -0.3 is 0 Å². The van der Waals surface area contributed by atoms with Crippen LogP contribution in [-0.2, 0) is 0 Å². The van der Waals surface area contributed by atoms with Crippen molar-refractivity contribution in [1.82, 2.24) is 0 Å². The zero-order valence-corrected chi connectivity index (χ0v) is 13.2. The molecular weight excluding hydrogens is 228 g/mol. The molecule has 0 N–H and O–H groups in total. The van der Waals surface area contributed by atoms with Gasteiger partial charge in [-0.05, 0) is 23.6 Å². The van der Waals surface area contributed by atoms with E-state index in [1.54, 1.807) is 6.08 Å². The summed E-state index contributed by atoms with van der Waals surface area (Å²) >= 11 is 0. The van der Waals surface area contributed by atoms with E-state index in [1.165, 1.54) is 5.56 Å². The number of rotatable bonds is 4. The molecule has 19 heavy (non-hydrogen) atoms. The van der Waals surface area contributed by atoms with Crippen LogP contribution in [0.2, 0.25) is 0 Å². The quantitative estimate of drug-likeness (QED) is 0.537. The van der Waals surface area contributed by atoms with Crippen LogP contribution in [0.15, 0.2) is 62.2 Å². The van der Waals surface area contributed by atoms with Crippen molar-refractivity contribution in [2.45, 2.75) is 34.6 Å². The van der Waals surface area contributed by atoms with Crippen molar-refractivity contribution >= 4 is 11.1 Å². The van der Waals surface area contributed by atoms with Gasteiger partial charge in [-0.2, -0.15) is 0 Å². The van der Waals surface area contributed by atoms with E-state index in [1.807, 2.05) is 46.8 Å². The van der Waals surface area contributed by atoms with E-state index in [0.29, 0.717) is 0 Å². The van der Waals surface area contributed by atoms with E-state index in [2.05, 4.69) is 44.0 Å². The van der Waals surface area contributed by atoms with Crippen LogP contribution < -0.4 is 0 Å². The third-order valence-corrected chi connectivity index (χ3v) is 2.23. The molecule has 0 saturated carbocycles. The number of hydrogen-bond acceptors (Lipinski definition) is 0. The SMILES string of the molecule is C=C/C=C(\C=C)c1ccc(C(=C)C)cc1.CC.CC. The van der Waals surface area contributed by atoms with Crippen molar-refractivity contribution in [3.63, 3.8) is 0 Å². The van der Waals surface area contributed by atoms with Gasteiger partial charge in [0, 0.05) is 0 Å². The molecular formula is C19H28. The highest BCUT2D eigenvalue weighted by molar-refractivity contribution is 5.75. The smallest absolute Gasteiger partial charge is 0.0184 e. The van der Waals surface area contributed by atoms with Crippen LogP contribution in [0, 0.1) is 0 Å². The fraction of sp³-hybridized carbons (Fsp3) is 0.263. The maximum Gasteiger partial charge on any atom is -0.0184 e. The maximum atomic E-state index is 3.91. The van der Waals surface area contributed by atoms with Crippen molar-refractivity contribution < 1.29 is 0 Å². The standard InChI is InChI=1S/C15H16.2C2H6/c1-5-7-13(6-2)15-10-8-14(9-11-15)12(3)4;2*1-2/h5-11H,1-3H2,4H3;2*1-2H3/b13-7+;;. The summed E-state index contributed by atoms with van der Waals surface area (Å²) in [5, 5.41) is 0. The highest BCUT2D eigenvalue weighted by Gasteiger charge is 1.97. The highest BCUT2D eigenvalue weighted by Crippen LogP contribution is 2.19. The highest BCUT2D eigenvalue weighted by atomic mass is 14.0. The molecule has 0 radical (unpaired) electrons. The largest absolute Gasteiger partial charge is 0.0990 e. The Labute approximate surface area is 119 Å². The van der Waals surface area contributed by atoms with E-state index in [9.17, 15) is 0 Å². The molecule has 0 nitrogen and oxygen atoms in total. The van der Waals surface area contributed by atoms with Gasteiger partial charge in [0.1, 0.15) is 0 Å². The Kier molecular flexibility index (Phi) is 13.0. The Morgan fingerprint density at radius 1 is 0.895 bits per heavy atom. The van der Waals surface area contributed by atoms with E-state index < -0.39 is 0 Å². The average Bonchev–Trinajstić information content (AvgIpc) is 2.49. The molecule has 0 aliphatic heterocycles. The lowest BCUT2D eigenvalue weighted by atomic mass is 10.0. The summed E-state index contributed by atoms with van der Waals surface area (Å²) in [7, 11) is 0. The van der Waals surface area contributed by atoms with E-state index in [0.717, 1.165) is 16.7 Å². The van der Waals surface area contributed by atoms with Gasteiger partial charge in [0.15, 0.2) is 0 Å². The first-order valence-corrected chi connectivity index (χ1v) is 6.90. The van der Waals surface area contributed by atoms with Crippen LogP contribution in [0.25, 0.3) is 11.1 Å². The minimum absolute atomic E-state index is 1.08. The Bertz CT molecular complexity index is 402. The summed E-state index contributed by atoms with van der Waals surface area (Å²) < 4.78 is 0. The van der Waals surface area contributed by atoms with Crippen molar-refractivity contribution in [3.05, 3.63) is 73.4 Å². The third kappa shape index (κ3) is 7.25. The monoisotopic (exact) mass is 256 g/mol. The van der Waals surface area contributed by atoms with Crippen LogP contribution in [0.3, 0.4) is 0 Å².